The second-order valence-corrected chi connectivity index (χ2v) is 5.55. The lowest BCUT2D eigenvalue weighted by molar-refractivity contribution is -0.148. The molecule has 0 aromatic heterocycles. The van der Waals surface area contributed by atoms with Gasteiger partial charge in [-0.15, -0.1) is 0 Å². The Morgan fingerprint density at radius 3 is 2.68 bits per heavy atom. The van der Waals surface area contributed by atoms with Crippen LogP contribution in [-0.4, -0.2) is 29.9 Å². The Morgan fingerprint density at radius 1 is 1.42 bits per heavy atom. The van der Waals surface area contributed by atoms with Crippen molar-refractivity contribution in [3.8, 4) is 0 Å². The largest absolute Gasteiger partial charge is 0.466 e. The van der Waals surface area contributed by atoms with Gasteiger partial charge in [0, 0.05) is 18.8 Å². The molecule has 0 aromatic rings. The summed E-state index contributed by atoms with van der Waals surface area (Å²) in [7, 11) is 0. The van der Waals surface area contributed by atoms with Crippen LogP contribution in [0.4, 0.5) is 0 Å². The summed E-state index contributed by atoms with van der Waals surface area (Å²) >= 11 is 0. The summed E-state index contributed by atoms with van der Waals surface area (Å²) in [6.07, 6.45) is 2.46. The molecule has 1 saturated heterocycles. The van der Waals surface area contributed by atoms with E-state index < -0.39 is 5.60 Å². The highest BCUT2D eigenvalue weighted by molar-refractivity contribution is 5.81. The molecule has 106 valence electrons. The monoisotopic (exact) mass is 268 g/mol. The van der Waals surface area contributed by atoms with E-state index >= 15 is 0 Å². The fraction of sp³-hybridized carbons (Fsp3) is 0.786. The topological polar surface area (TPSA) is 69.7 Å². The molecule has 1 saturated carbocycles. The van der Waals surface area contributed by atoms with E-state index in [2.05, 4.69) is 0 Å². The van der Waals surface area contributed by atoms with E-state index in [1.807, 2.05) is 0 Å². The van der Waals surface area contributed by atoms with Crippen LogP contribution in [0.3, 0.4) is 0 Å². The minimum Gasteiger partial charge on any atom is -0.466 e. The number of carbonyl (C=O) groups is 3. The molecule has 2 aliphatic rings. The first-order valence-electron chi connectivity index (χ1n) is 6.84. The molecule has 0 aromatic carbocycles. The van der Waals surface area contributed by atoms with Gasteiger partial charge in [0.2, 0.25) is 0 Å². The highest BCUT2D eigenvalue weighted by Crippen LogP contribution is 2.49. The third-order valence-corrected chi connectivity index (χ3v) is 4.17. The van der Waals surface area contributed by atoms with E-state index in [1.54, 1.807) is 13.8 Å². The average molecular weight is 268 g/mol. The molecule has 1 aliphatic carbocycles. The van der Waals surface area contributed by atoms with Crippen molar-refractivity contribution in [2.75, 3.05) is 6.61 Å². The van der Waals surface area contributed by atoms with Crippen LogP contribution < -0.4 is 0 Å². The Bertz CT molecular complexity index is 403. The maximum Gasteiger partial charge on any atom is 0.306 e. The zero-order chi connectivity index (χ0) is 14.0. The third-order valence-electron chi connectivity index (χ3n) is 4.17. The lowest BCUT2D eigenvalue weighted by Gasteiger charge is -2.21. The predicted octanol–water partition coefficient (Wildman–Crippen LogP) is 1.63. The van der Waals surface area contributed by atoms with Gasteiger partial charge in [0.15, 0.2) is 0 Å². The Labute approximate surface area is 112 Å². The fourth-order valence-electron chi connectivity index (χ4n) is 3.36. The summed E-state index contributed by atoms with van der Waals surface area (Å²) in [5.41, 5.74) is -0.509. The highest BCUT2D eigenvalue weighted by atomic mass is 16.6. The molecule has 19 heavy (non-hydrogen) atoms. The maximum absolute atomic E-state index is 11.7. The van der Waals surface area contributed by atoms with Crippen molar-refractivity contribution in [3.05, 3.63) is 0 Å². The second-order valence-electron chi connectivity index (χ2n) is 5.55. The molecular weight excluding hydrogens is 248 g/mol. The number of ketones is 1. The zero-order valence-corrected chi connectivity index (χ0v) is 11.4. The van der Waals surface area contributed by atoms with Gasteiger partial charge in [-0.2, -0.15) is 0 Å². The number of hydrogen-bond acceptors (Lipinski definition) is 5. The standard InChI is InChI=1S/C14H20O5/c1-3-18-13(17)6-10-7-14(5-4-12(16)19-14)8-11(10)9(2)15/h10-11H,3-8H2,1-2H3/t10-,11-,14-/m0/s1. The SMILES string of the molecule is CCOC(=O)C[C@H]1C[C@@]2(CCC(=O)O2)C[C@H]1C(C)=O. The van der Waals surface area contributed by atoms with E-state index in [4.69, 9.17) is 9.47 Å². The van der Waals surface area contributed by atoms with Crippen LogP contribution in [-0.2, 0) is 23.9 Å². The summed E-state index contributed by atoms with van der Waals surface area (Å²) in [6.45, 7) is 3.64. The van der Waals surface area contributed by atoms with Gasteiger partial charge >= 0.3 is 11.9 Å². The normalized spacial score (nSPS) is 33.5. The number of Topliss-reactive ketones (excluding diaryl/α,β-unsaturated/α-hetero) is 1. The lowest BCUT2D eigenvalue weighted by atomic mass is 9.90. The number of rotatable bonds is 4. The van der Waals surface area contributed by atoms with Crippen LogP contribution in [0.2, 0.25) is 0 Å². The first-order valence-corrected chi connectivity index (χ1v) is 6.84. The van der Waals surface area contributed by atoms with Gasteiger partial charge in [0.1, 0.15) is 11.4 Å². The van der Waals surface area contributed by atoms with Gasteiger partial charge in [-0.3, -0.25) is 14.4 Å². The van der Waals surface area contributed by atoms with Crippen LogP contribution >= 0.6 is 0 Å². The first-order chi connectivity index (χ1) is 8.96. The Balaban J connectivity index is 2.06. The van der Waals surface area contributed by atoms with Gasteiger partial charge in [-0.1, -0.05) is 0 Å². The minimum absolute atomic E-state index is 0.0640. The second kappa shape index (κ2) is 5.31. The fourth-order valence-corrected chi connectivity index (χ4v) is 3.36. The lowest BCUT2D eigenvalue weighted by Crippen LogP contribution is -2.25. The third kappa shape index (κ3) is 2.96. The van der Waals surface area contributed by atoms with E-state index in [9.17, 15) is 14.4 Å². The summed E-state index contributed by atoms with van der Waals surface area (Å²) in [4.78, 5) is 34.6. The molecule has 0 unspecified atom stereocenters. The molecule has 0 radical (unpaired) electrons. The van der Waals surface area contributed by atoms with Crippen molar-refractivity contribution in [1.82, 2.24) is 0 Å². The summed E-state index contributed by atoms with van der Waals surface area (Å²) < 4.78 is 10.4. The predicted molar refractivity (Wildman–Crippen MR) is 66.2 cm³/mol. The Morgan fingerprint density at radius 2 is 2.16 bits per heavy atom. The molecule has 1 heterocycles. The van der Waals surface area contributed by atoms with E-state index in [0.29, 0.717) is 32.3 Å². The van der Waals surface area contributed by atoms with Crippen LogP contribution in [0.25, 0.3) is 0 Å². The molecule has 0 N–H and O–H groups in total. The maximum atomic E-state index is 11.7. The number of hydrogen-bond donors (Lipinski definition) is 0. The smallest absolute Gasteiger partial charge is 0.306 e. The molecule has 2 rings (SSSR count). The van der Waals surface area contributed by atoms with Gasteiger partial charge in [-0.05, 0) is 39.0 Å². The highest BCUT2D eigenvalue weighted by Gasteiger charge is 2.52. The van der Waals surface area contributed by atoms with Gasteiger partial charge in [0.25, 0.3) is 0 Å². The van der Waals surface area contributed by atoms with Gasteiger partial charge < -0.3 is 9.47 Å². The van der Waals surface area contributed by atoms with Crippen molar-refractivity contribution in [2.24, 2.45) is 11.8 Å². The summed E-state index contributed by atoms with van der Waals surface area (Å²) in [5.74, 6) is -0.675. The van der Waals surface area contributed by atoms with Gasteiger partial charge in [-0.25, -0.2) is 0 Å². The van der Waals surface area contributed by atoms with E-state index in [0.717, 1.165) is 0 Å². The van der Waals surface area contributed by atoms with Crippen LogP contribution in [0.1, 0.15) is 46.0 Å². The number of ether oxygens (including phenoxy) is 2. The molecule has 1 aliphatic heterocycles. The van der Waals surface area contributed by atoms with Crippen LogP contribution in [0.5, 0.6) is 0 Å². The van der Waals surface area contributed by atoms with Crippen molar-refractivity contribution >= 4 is 17.7 Å². The molecule has 5 heteroatoms. The quantitative estimate of drug-likeness (QED) is 0.725. The molecule has 0 amide bonds. The molecule has 2 fully saturated rings. The van der Waals surface area contributed by atoms with Crippen molar-refractivity contribution < 1.29 is 23.9 Å². The molecule has 3 atom stereocenters. The van der Waals surface area contributed by atoms with Crippen molar-refractivity contribution in [3.63, 3.8) is 0 Å². The number of carbonyl (C=O) groups excluding carboxylic acids is 3. The Kier molecular flexibility index (Phi) is 3.92. The minimum atomic E-state index is -0.509. The molecule has 1 spiro atoms. The summed E-state index contributed by atoms with van der Waals surface area (Å²) in [5, 5.41) is 0. The number of esters is 2. The molecule has 0 bridgehead atoms. The average Bonchev–Trinajstić information content (AvgIpc) is 2.84. The van der Waals surface area contributed by atoms with Crippen LogP contribution in [0.15, 0.2) is 0 Å². The van der Waals surface area contributed by atoms with E-state index in [-0.39, 0.29) is 36.0 Å². The van der Waals surface area contributed by atoms with Gasteiger partial charge in [0.05, 0.1) is 6.61 Å². The van der Waals surface area contributed by atoms with E-state index in [1.165, 1.54) is 0 Å². The zero-order valence-electron chi connectivity index (χ0n) is 11.4. The summed E-state index contributed by atoms with van der Waals surface area (Å²) in [6, 6.07) is 0. The molecule has 5 nitrogen and oxygen atoms in total. The van der Waals surface area contributed by atoms with Crippen LogP contribution in [0, 0.1) is 11.8 Å². The first kappa shape index (κ1) is 14.0. The molecular formula is C14H20O5. The van der Waals surface area contributed by atoms with Crippen molar-refractivity contribution in [2.45, 2.75) is 51.6 Å². The Hall–Kier alpha value is -1.39. The van der Waals surface area contributed by atoms with Crippen molar-refractivity contribution in [1.29, 1.82) is 0 Å².